The van der Waals surface area contributed by atoms with Crippen molar-refractivity contribution in [3.63, 3.8) is 0 Å². The van der Waals surface area contributed by atoms with E-state index in [1.54, 1.807) is 0 Å². The van der Waals surface area contributed by atoms with E-state index in [1.807, 2.05) is 36.1 Å². The fourth-order valence-electron chi connectivity index (χ4n) is 3.56. The minimum atomic E-state index is -0.820. The zero-order valence-corrected chi connectivity index (χ0v) is 14.2. The molecule has 1 aromatic rings. The van der Waals surface area contributed by atoms with E-state index < -0.39 is 5.54 Å². The molecule has 0 bridgehead atoms. The number of rotatable bonds is 3. The van der Waals surface area contributed by atoms with Gasteiger partial charge in [-0.25, -0.2) is 0 Å². The van der Waals surface area contributed by atoms with Crippen LogP contribution >= 0.6 is 0 Å². The summed E-state index contributed by atoms with van der Waals surface area (Å²) < 4.78 is 10.3. The predicted molar refractivity (Wildman–Crippen MR) is 88.5 cm³/mol. The summed E-state index contributed by atoms with van der Waals surface area (Å²) in [6.07, 6.45) is 0.877. The zero-order valence-electron chi connectivity index (χ0n) is 14.2. The van der Waals surface area contributed by atoms with Gasteiger partial charge in [0.05, 0.1) is 20.3 Å². The van der Waals surface area contributed by atoms with Gasteiger partial charge in [-0.05, 0) is 18.1 Å². The molecule has 0 aromatic heterocycles. The third kappa shape index (κ3) is 3.30. The van der Waals surface area contributed by atoms with Crippen LogP contribution in [0.2, 0.25) is 0 Å². The molecule has 1 aromatic carbocycles. The van der Waals surface area contributed by atoms with Gasteiger partial charge in [0.25, 0.3) is 0 Å². The van der Waals surface area contributed by atoms with Gasteiger partial charge in [0.1, 0.15) is 5.54 Å². The van der Waals surface area contributed by atoms with Crippen LogP contribution in [0.5, 0.6) is 0 Å². The molecule has 1 amide bonds. The van der Waals surface area contributed by atoms with Crippen LogP contribution in [0.25, 0.3) is 0 Å². The Morgan fingerprint density at radius 1 is 1.33 bits per heavy atom. The highest BCUT2D eigenvalue weighted by Crippen LogP contribution is 2.33. The number of benzene rings is 1. The molecule has 130 valence electrons. The first-order valence-electron chi connectivity index (χ1n) is 8.33. The molecule has 24 heavy (non-hydrogen) atoms. The van der Waals surface area contributed by atoms with Gasteiger partial charge in [0.15, 0.2) is 0 Å². The van der Waals surface area contributed by atoms with E-state index in [0.717, 1.165) is 11.1 Å². The number of ether oxygens (including phenoxy) is 2. The third-order valence-electron chi connectivity index (χ3n) is 4.85. The van der Waals surface area contributed by atoms with E-state index in [0.29, 0.717) is 39.1 Å². The van der Waals surface area contributed by atoms with Gasteiger partial charge < -0.3 is 14.4 Å². The summed E-state index contributed by atoms with van der Waals surface area (Å²) in [7, 11) is 1.39. The van der Waals surface area contributed by atoms with Crippen molar-refractivity contribution in [3.05, 3.63) is 35.4 Å². The summed E-state index contributed by atoms with van der Waals surface area (Å²) in [6.45, 7) is 4.25. The van der Waals surface area contributed by atoms with E-state index in [1.165, 1.54) is 7.11 Å². The SMILES string of the molecule is COC(=O)C1(C)Cc2ccccc2C(CC(=O)N2CCOCC2)N1. The van der Waals surface area contributed by atoms with E-state index in [-0.39, 0.29) is 17.9 Å². The molecule has 0 radical (unpaired) electrons. The van der Waals surface area contributed by atoms with Gasteiger partial charge in [-0.3, -0.25) is 14.9 Å². The molecule has 2 heterocycles. The summed E-state index contributed by atoms with van der Waals surface area (Å²) in [5.74, 6) is -0.222. The van der Waals surface area contributed by atoms with Crippen LogP contribution in [-0.2, 0) is 25.5 Å². The molecule has 2 aliphatic heterocycles. The lowest BCUT2D eigenvalue weighted by Gasteiger charge is -2.39. The number of carbonyl (C=O) groups is 2. The van der Waals surface area contributed by atoms with Crippen molar-refractivity contribution < 1.29 is 19.1 Å². The topological polar surface area (TPSA) is 67.9 Å². The van der Waals surface area contributed by atoms with Crippen LogP contribution < -0.4 is 5.32 Å². The molecule has 1 fully saturated rings. The lowest BCUT2D eigenvalue weighted by molar-refractivity contribution is -0.149. The van der Waals surface area contributed by atoms with Crippen molar-refractivity contribution in [1.82, 2.24) is 10.2 Å². The maximum absolute atomic E-state index is 12.6. The largest absolute Gasteiger partial charge is 0.468 e. The Kier molecular flexibility index (Phi) is 4.87. The third-order valence-corrected chi connectivity index (χ3v) is 4.85. The molecule has 2 aliphatic rings. The molecular formula is C18H24N2O4. The lowest BCUT2D eigenvalue weighted by atomic mass is 9.81. The number of morpholine rings is 1. The van der Waals surface area contributed by atoms with Crippen molar-refractivity contribution in [2.75, 3.05) is 33.4 Å². The van der Waals surface area contributed by atoms with Gasteiger partial charge in [-0.15, -0.1) is 0 Å². The molecule has 0 aliphatic carbocycles. The lowest BCUT2D eigenvalue weighted by Crippen LogP contribution is -2.56. The van der Waals surface area contributed by atoms with E-state index in [4.69, 9.17) is 9.47 Å². The Bertz CT molecular complexity index is 627. The van der Waals surface area contributed by atoms with Gasteiger partial charge in [-0.1, -0.05) is 24.3 Å². The maximum Gasteiger partial charge on any atom is 0.326 e. The summed E-state index contributed by atoms with van der Waals surface area (Å²) in [6, 6.07) is 7.77. The number of hydrogen-bond acceptors (Lipinski definition) is 5. The van der Waals surface area contributed by atoms with E-state index >= 15 is 0 Å². The van der Waals surface area contributed by atoms with E-state index in [2.05, 4.69) is 5.32 Å². The summed E-state index contributed by atoms with van der Waals surface area (Å²) in [5, 5.41) is 3.35. The molecule has 6 heteroatoms. The molecular weight excluding hydrogens is 308 g/mol. The number of fused-ring (bicyclic) bond motifs is 1. The van der Waals surface area contributed by atoms with E-state index in [9.17, 15) is 9.59 Å². The normalized spacial score (nSPS) is 26.6. The van der Waals surface area contributed by atoms with Crippen LogP contribution in [0.4, 0.5) is 0 Å². The van der Waals surface area contributed by atoms with Crippen LogP contribution in [0, 0.1) is 0 Å². The molecule has 0 saturated carbocycles. The highest BCUT2D eigenvalue weighted by atomic mass is 16.5. The predicted octanol–water partition coefficient (Wildman–Crippen LogP) is 1.05. The number of nitrogens with zero attached hydrogens (tertiary/aromatic N) is 1. The average molecular weight is 332 g/mol. The standard InChI is InChI=1S/C18H24N2O4/c1-18(17(22)23-2)12-13-5-3-4-6-14(13)15(19-18)11-16(21)20-7-9-24-10-8-20/h3-6,15,19H,7-12H2,1-2H3. The van der Waals surface area contributed by atoms with Crippen LogP contribution in [-0.4, -0.2) is 55.7 Å². The second-order valence-corrected chi connectivity index (χ2v) is 6.59. The minimum Gasteiger partial charge on any atom is -0.468 e. The van der Waals surface area contributed by atoms with Crippen LogP contribution in [0.3, 0.4) is 0 Å². The molecule has 1 saturated heterocycles. The van der Waals surface area contributed by atoms with Crippen molar-refractivity contribution in [2.45, 2.75) is 31.3 Å². The van der Waals surface area contributed by atoms with Gasteiger partial charge in [0.2, 0.25) is 5.91 Å². The van der Waals surface area contributed by atoms with Crippen LogP contribution in [0.15, 0.2) is 24.3 Å². The van der Waals surface area contributed by atoms with Crippen molar-refractivity contribution in [2.24, 2.45) is 0 Å². The van der Waals surface area contributed by atoms with Crippen molar-refractivity contribution in [3.8, 4) is 0 Å². The van der Waals surface area contributed by atoms with Gasteiger partial charge in [-0.2, -0.15) is 0 Å². The molecule has 1 N–H and O–H groups in total. The zero-order chi connectivity index (χ0) is 17.2. The molecule has 6 nitrogen and oxygen atoms in total. The number of amides is 1. The van der Waals surface area contributed by atoms with Crippen molar-refractivity contribution >= 4 is 11.9 Å². The molecule has 3 rings (SSSR count). The number of carbonyl (C=O) groups excluding carboxylic acids is 2. The first-order chi connectivity index (χ1) is 11.5. The minimum absolute atomic E-state index is 0.0831. The van der Waals surface area contributed by atoms with Gasteiger partial charge in [0, 0.05) is 32.0 Å². The quantitative estimate of drug-likeness (QED) is 0.838. The maximum atomic E-state index is 12.6. The van der Waals surface area contributed by atoms with Crippen molar-refractivity contribution in [1.29, 1.82) is 0 Å². The first kappa shape index (κ1) is 16.9. The number of hydrogen-bond donors (Lipinski definition) is 1. The molecule has 2 atom stereocenters. The monoisotopic (exact) mass is 332 g/mol. The number of methoxy groups -OCH3 is 1. The van der Waals surface area contributed by atoms with Crippen LogP contribution in [0.1, 0.15) is 30.5 Å². The smallest absolute Gasteiger partial charge is 0.326 e. The second kappa shape index (κ2) is 6.91. The highest BCUT2D eigenvalue weighted by molar-refractivity contribution is 5.82. The van der Waals surface area contributed by atoms with Gasteiger partial charge >= 0.3 is 5.97 Å². The summed E-state index contributed by atoms with van der Waals surface area (Å²) in [5.41, 5.74) is 1.35. The second-order valence-electron chi connectivity index (χ2n) is 6.59. The fourth-order valence-corrected chi connectivity index (χ4v) is 3.56. The Labute approximate surface area is 142 Å². The Balaban J connectivity index is 1.82. The fraction of sp³-hybridized carbons (Fsp3) is 0.556. The molecule has 0 spiro atoms. The number of nitrogens with one attached hydrogen (secondary N) is 1. The highest BCUT2D eigenvalue weighted by Gasteiger charge is 2.42. The molecule has 2 unspecified atom stereocenters. The Hall–Kier alpha value is -1.92. The average Bonchev–Trinajstić information content (AvgIpc) is 2.61. The number of esters is 1. The Morgan fingerprint density at radius 3 is 2.75 bits per heavy atom. The summed E-state index contributed by atoms with van der Waals surface area (Å²) >= 11 is 0. The first-order valence-corrected chi connectivity index (χ1v) is 8.33. The Morgan fingerprint density at radius 2 is 2.04 bits per heavy atom. The summed E-state index contributed by atoms with van der Waals surface area (Å²) in [4.78, 5) is 26.7.